The Morgan fingerprint density at radius 1 is 1.43 bits per heavy atom. The van der Waals surface area contributed by atoms with Crippen LogP contribution < -0.4 is 5.32 Å². The lowest BCUT2D eigenvalue weighted by molar-refractivity contribution is 0.0167. The van der Waals surface area contributed by atoms with Crippen molar-refractivity contribution in [1.82, 2.24) is 4.98 Å². The van der Waals surface area contributed by atoms with Crippen molar-refractivity contribution in [3.8, 4) is 0 Å². The molecular weight excluding hydrogens is 193 g/mol. The van der Waals surface area contributed by atoms with Crippen LogP contribution in [0, 0.1) is 5.95 Å². The van der Waals surface area contributed by atoms with Gasteiger partial charge >= 0.3 is 0 Å². The van der Waals surface area contributed by atoms with E-state index in [9.17, 15) is 13.2 Å². The van der Waals surface area contributed by atoms with Crippen LogP contribution in [0.4, 0.5) is 19.0 Å². The van der Waals surface area contributed by atoms with Crippen LogP contribution in [0.1, 0.15) is 13.3 Å². The van der Waals surface area contributed by atoms with Crippen LogP contribution >= 0.6 is 0 Å². The molecule has 1 aromatic rings. The van der Waals surface area contributed by atoms with E-state index >= 15 is 0 Å². The van der Waals surface area contributed by atoms with E-state index in [2.05, 4.69) is 10.3 Å². The molecule has 0 aliphatic carbocycles. The molecular formula is C9H11F3N2. The minimum atomic E-state index is -2.71. The summed E-state index contributed by atoms with van der Waals surface area (Å²) in [6.45, 7) is 0.910. The average molecular weight is 204 g/mol. The number of alkyl halides is 2. The van der Waals surface area contributed by atoms with Gasteiger partial charge in [-0.1, -0.05) is 6.07 Å². The molecule has 0 aromatic carbocycles. The summed E-state index contributed by atoms with van der Waals surface area (Å²) in [7, 11) is 0. The molecule has 0 aliphatic rings. The maximum atomic E-state index is 12.5. The molecule has 14 heavy (non-hydrogen) atoms. The highest BCUT2D eigenvalue weighted by atomic mass is 19.3. The third kappa shape index (κ3) is 4.11. The summed E-state index contributed by atoms with van der Waals surface area (Å²) in [6, 6.07) is 4.19. The van der Waals surface area contributed by atoms with Gasteiger partial charge in [0.1, 0.15) is 5.82 Å². The molecule has 1 N–H and O–H groups in total. The van der Waals surface area contributed by atoms with Crippen LogP contribution in [-0.4, -0.2) is 17.5 Å². The predicted molar refractivity (Wildman–Crippen MR) is 47.9 cm³/mol. The number of aromatic nitrogens is 1. The first-order chi connectivity index (χ1) is 6.47. The highest BCUT2D eigenvalue weighted by Gasteiger charge is 2.19. The number of pyridine rings is 1. The van der Waals surface area contributed by atoms with Crippen molar-refractivity contribution in [1.29, 1.82) is 0 Å². The lowest BCUT2D eigenvalue weighted by atomic mass is 10.3. The second-order valence-corrected chi connectivity index (χ2v) is 3.09. The summed E-state index contributed by atoms with van der Waals surface area (Å²) in [5, 5.41) is 2.61. The van der Waals surface area contributed by atoms with Crippen molar-refractivity contribution < 1.29 is 13.2 Å². The van der Waals surface area contributed by atoms with Crippen molar-refractivity contribution in [2.75, 3.05) is 11.9 Å². The average Bonchev–Trinajstić information content (AvgIpc) is 2.01. The van der Waals surface area contributed by atoms with Gasteiger partial charge < -0.3 is 5.32 Å². The first-order valence-electron chi connectivity index (χ1n) is 4.22. The lowest BCUT2D eigenvalue weighted by Gasteiger charge is -2.10. The summed E-state index contributed by atoms with van der Waals surface area (Å²) in [6.07, 6.45) is -0.300. The molecule has 1 aromatic heterocycles. The Balaban J connectivity index is 2.39. The van der Waals surface area contributed by atoms with Crippen molar-refractivity contribution >= 4 is 5.82 Å². The van der Waals surface area contributed by atoms with Gasteiger partial charge in [0.05, 0.1) is 0 Å². The SMILES string of the molecule is CC(F)(F)CCNc1cccc(F)n1. The lowest BCUT2D eigenvalue weighted by Crippen LogP contribution is -2.16. The van der Waals surface area contributed by atoms with Crippen molar-refractivity contribution in [2.24, 2.45) is 0 Å². The Bertz CT molecular complexity index is 296. The third-order valence-electron chi connectivity index (χ3n) is 1.59. The summed E-state index contributed by atoms with van der Waals surface area (Å²) >= 11 is 0. The van der Waals surface area contributed by atoms with E-state index < -0.39 is 11.9 Å². The van der Waals surface area contributed by atoms with Gasteiger partial charge in [-0.25, -0.2) is 13.8 Å². The number of anilines is 1. The van der Waals surface area contributed by atoms with Gasteiger partial charge in [0.15, 0.2) is 0 Å². The Kier molecular flexibility index (Phi) is 3.33. The molecule has 0 unspecified atom stereocenters. The molecule has 0 saturated heterocycles. The molecule has 0 saturated carbocycles. The zero-order valence-corrected chi connectivity index (χ0v) is 7.73. The summed E-state index contributed by atoms with van der Waals surface area (Å²) < 4.78 is 37.3. The molecule has 2 nitrogen and oxygen atoms in total. The monoisotopic (exact) mass is 204 g/mol. The van der Waals surface area contributed by atoms with Crippen LogP contribution in [0.25, 0.3) is 0 Å². The second-order valence-electron chi connectivity index (χ2n) is 3.09. The maximum Gasteiger partial charge on any atom is 0.247 e. The van der Waals surface area contributed by atoms with Crippen LogP contribution in [0.3, 0.4) is 0 Å². The molecule has 1 heterocycles. The third-order valence-corrected chi connectivity index (χ3v) is 1.59. The minimum Gasteiger partial charge on any atom is -0.370 e. The fourth-order valence-corrected chi connectivity index (χ4v) is 0.917. The fourth-order valence-electron chi connectivity index (χ4n) is 0.917. The van der Waals surface area contributed by atoms with Gasteiger partial charge in [-0.15, -0.1) is 0 Å². The first kappa shape index (κ1) is 10.8. The number of nitrogens with zero attached hydrogens (tertiary/aromatic N) is 1. The Morgan fingerprint density at radius 3 is 2.71 bits per heavy atom. The van der Waals surface area contributed by atoms with Crippen molar-refractivity contribution in [3.63, 3.8) is 0 Å². The largest absolute Gasteiger partial charge is 0.370 e. The van der Waals surface area contributed by atoms with E-state index in [1.807, 2.05) is 0 Å². The van der Waals surface area contributed by atoms with E-state index in [1.165, 1.54) is 18.2 Å². The molecule has 5 heteroatoms. The summed E-state index contributed by atoms with van der Waals surface area (Å²) in [5.41, 5.74) is 0. The molecule has 0 spiro atoms. The standard InChI is InChI=1S/C9H11F3N2/c1-9(11,12)5-6-13-8-4-2-3-7(10)14-8/h2-4H,5-6H2,1H3,(H,13,14). The number of hydrogen-bond donors (Lipinski definition) is 1. The van der Waals surface area contributed by atoms with E-state index in [1.54, 1.807) is 0 Å². The maximum absolute atomic E-state index is 12.5. The molecule has 78 valence electrons. The van der Waals surface area contributed by atoms with E-state index in [-0.39, 0.29) is 18.8 Å². The Morgan fingerprint density at radius 2 is 2.14 bits per heavy atom. The number of halogens is 3. The highest BCUT2D eigenvalue weighted by Crippen LogP contribution is 2.16. The quantitative estimate of drug-likeness (QED) is 0.762. The molecule has 0 atom stereocenters. The van der Waals surface area contributed by atoms with Crippen LogP contribution in [0.15, 0.2) is 18.2 Å². The van der Waals surface area contributed by atoms with Crippen LogP contribution in [0.5, 0.6) is 0 Å². The molecule has 0 fully saturated rings. The molecule has 1 rings (SSSR count). The van der Waals surface area contributed by atoms with Crippen LogP contribution in [0.2, 0.25) is 0 Å². The number of nitrogens with one attached hydrogen (secondary N) is 1. The zero-order chi connectivity index (χ0) is 10.6. The van der Waals surface area contributed by atoms with Gasteiger partial charge in [-0.3, -0.25) is 0 Å². The smallest absolute Gasteiger partial charge is 0.247 e. The summed E-state index contributed by atoms with van der Waals surface area (Å²) in [5.74, 6) is -3.06. The number of rotatable bonds is 4. The van der Waals surface area contributed by atoms with Gasteiger partial charge in [0, 0.05) is 13.0 Å². The van der Waals surface area contributed by atoms with Gasteiger partial charge in [-0.05, 0) is 19.1 Å². The zero-order valence-electron chi connectivity index (χ0n) is 7.73. The van der Waals surface area contributed by atoms with Gasteiger partial charge in [-0.2, -0.15) is 4.39 Å². The van der Waals surface area contributed by atoms with E-state index in [0.717, 1.165) is 6.92 Å². The fraction of sp³-hybridized carbons (Fsp3) is 0.444. The molecule has 0 aliphatic heterocycles. The predicted octanol–water partition coefficient (Wildman–Crippen LogP) is 2.68. The van der Waals surface area contributed by atoms with Crippen molar-refractivity contribution in [2.45, 2.75) is 19.3 Å². The minimum absolute atomic E-state index is 0.0694. The van der Waals surface area contributed by atoms with Crippen molar-refractivity contribution in [3.05, 3.63) is 24.1 Å². The van der Waals surface area contributed by atoms with E-state index in [0.29, 0.717) is 0 Å². The van der Waals surface area contributed by atoms with Crippen LogP contribution in [-0.2, 0) is 0 Å². The number of hydrogen-bond acceptors (Lipinski definition) is 2. The first-order valence-corrected chi connectivity index (χ1v) is 4.22. The molecule has 0 amide bonds. The van der Waals surface area contributed by atoms with Gasteiger partial charge in [0.2, 0.25) is 11.9 Å². The Labute approximate surface area is 80.2 Å². The topological polar surface area (TPSA) is 24.9 Å². The normalized spacial score (nSPS) is 11.4. The van der Waals surface area contributed by atoms with Gasteiger partial charge in [0.25, 0.3) is 0 Å². The van der Waals surface area contributed by atoms with E-state index in [4.69, 9.17) is 0 Å². The summed E-state index contributed by atoms with van der Waals surface area (Å²) in [4.78, 5) is 3.47. The molecule has 0 bridgehead atoms. The molecule has 0 radical (unpaired) electrons. The Hall–Kier alpha value is -1.26. The highest BCUT2D eigenvalue weighted by molar-refractivity contribution is 5.33. The second kappa shape index (κ2) is 4.30.